The van der Waals surface area contributed by atoms with Gasteiger partial charge < -0.3 is 15.2 Å². The number of carboxylic acid groups (broad SMARTS) is 1. The maximum absolute atomic E-state index is 10.5. The SMILES string of the molecule is O=C([O-])[C@H]1C[C@H]2CCC[C@H]2[NH2+]1. The summed E-state index contributed by atoms with van der Waals surface area (Å²) < 4.78 is 0. The van der Waals surface area contributed by atoms with Gasteiger partial charge in [-0.3, -0.25) is 0 Å². The van der Waals surface area contributed by atoms with E-state index in [2.05, 4.69) is 0 Å². The molecule has 1 aliphatic carbocycles. The Labute approximate surface area is 65.8 Å². The zero-order valence-electron chi connectivity index (χ0n) is 6.45. The van der Waals surface area contributed by atoms with E-state index in [1.54, 1.807) is 0 Å². The van der Waals surface area contributed by atoms with E-state index < -0.39 is 5.97 Å². The monoisotopic (exact) mass is 155 g/mol. The molecule has 1 saturated heterocycles. The van der Waals surface area contributed by atoms with Gasteiger partial charge in [-0.1, -0.05) is 0 Å². The van der Waals surface area contributed by atoms with E-state index in [4.69, 9.17) is 0 Å². The molecule has 1 saturated carbocycles. The van der Waals surface area contributed by atoms with Gasteiger partial charge in [0.15, 0.2) is 0 Å². The topological polar surface area (TPSA) is 56.7 Å². The van der Waals surface area contributed by atoms with E-state index in [1.807, 2.05) is 5.32 Å². The number of carboxylic acids is 1. The van der Waals surface area contributed by atoms with Crippen LogP contribution in [0.2, 0.25) is 0 Å². The predicted octanol–water partition coefficient (Wildman–Crippen LogP) is -1.76. The summed E-state index contributed by atoms with van der Waals surface area (Å²) in [5.74, 6) is -0.211. The quantitative estimate of drug-likeness (QED) is 0.488. The molecule has 1 aliphatic heterocycles. The van der Waals surface area contributed by atoms with Crippen LogP contribution in [0, 0.1) is 5.92 Å². The molecular weight excluding hydrogens is 142 g/mol. The van der Waals surface area contributed by atoms with Crippen molar-refractivity contribution in [1.82, 2.24) is 0 Å². The Hall–Kier alpha value is -0.570. The molecule has 2 aliphatic rings. The third-order valence-corrected chi connectivity index (χ3v) is 3.06. The average Bonchev–Trinajstić information content (AvgIpc) is 2.40. The maximum Gasteiger partial charge on any atom is 0.127 e. The van der Waals surface area contributed by atoms with Gasteiger partial charge in [-0.05, 0) is 19.3 Å². The fourth-order valence-electron chi connectivity index (χ4n) is 2.49. The number of quaternary nitrogens is 1. The number of carbonyl (C=O) groups is 1. The lowest BCUT2D eigenvalue weighted by molar-refractivity contribution is -0.697. The lowest BCUT2D eigenvalue weighted by Crippen LogP contribution is -2.94. The van der Waals surface area contributed by atoms with E-state index >= 15 is 0 Å². The van der Waals surface area contributed by atoms with Crippen molar-refractivity contribution in [1.29, 1.82) is 0 Å². The van der Waals surface area contributed by atoms with Gasteiger partial charge in [0.05, 0.1) is 12.0 Å². The molecular formula is C8H13NO2. The van der Waals surface area contributed by atoms with Gasteiger partial charge >= 0.3 is 0 Å². The summed E-state index contributed by atoms with van der Waals surface area (Å²) in [6, 6.07) is 0.350. The summed E-state index contributed by atoms with van der Waals surface area (Å²) in [4.78, 5) is 10.5. The van der Waals surface area contributed by atoms with Crippen molar-refractivity contribution in [2.45, 2.75) is 37.8 Å². The third-order valence-electron chi connectivity index (χ3n) is 3.06. The van der Waals surface area contributed by atoms with E-state index in [1.165, 1.54) is 19.3 Å². The Kier molecular flexibility index (Phi) is 1.60. The van der Waals surface area contributed by atoms with Crippen LogP contribution >= 0.6 is 0 Å². The van der Waals surface area contributed by atoms with E-state index in [9.17, 15) is 9.90 Å². The Bertz CT molecular complexity index is 169. The van der Waals surface area contributed by atoms with Crippen LogP contribution in [0.15, 0.2) is 0 Å². The van der Waals surface area contributed by atoms with Crippen LogP contribution in [-0.2, 0) is 4.79 Å². The van der Waals surface area contributed by atoms with Crippen molar-refractivity contribution in [2.75, 3.05) is 0 Å². The van der Waals surface area contributed by atoms with Crippen LogP contribution in [0.3, 0.4) is 0 Å². The number of fused-ring (bicyclic) bond motifs is 1. The van der Waals surface area contributed by atoms with E-state index in [0.29, 0.717) is 12.0 Å². The van der Waals surface area contributed by atoms with Gasteiger partial charge in [-0.15, -0.1) is 0 Å². The molecule has 3 nitrogen and oxygen atoms in total. The van der Waals surface area contributed by atoms with Crippen LogP contribution in [0.25, 0.3) is 0 Å². The number of hydrogen-bond donors (Lipinski definition) is 1. The summed E-state index contributed by atoms with van der Waals surface area (Å²) in [5, 5.41) is 12.5. The fraction of sp³-hybridized carbons (Fsp3) is 0.875. The minimum atomic E-state index is -0.876. The second-order valence-corrected chi connectivity index (χ2v) is 3.71. The molecule has 0 radical (unpaired) electrons. The van der Waals surface area contributed by atoms with Crippen molar-refractivity contribution in [3.63, 3.8) is 0 Å². The minimum absolute atomic E-state index is 0.245. The highest BCUT2D eigenvalue weighted by atomic mass is 16.4. The summed E-state index contributed by atoms with van der Waals surface area (Å²) in [6.45, 7) is 0. The molecule has 0 unspecified atom stereocenters. The van der Waals surface area contributed by atoms with Crippen molar-refractivity contribution in [3.8, 4) is 0 Å². The highest BCUT2D eigenvalue weighted by molar-refractivity contribution is 5.69. The van der Waals surface area contributed by atoms with Gasteiger partial charge in [0, 0.05) is 12.3 Å². The second kappa shape index (κ2) is 2.48. The molecule has 2 fully saturated rings. The molecule has 62 valence electrons. The number of nitrogens with two attached hydrogens (primary N) is 1. The largest absolute Gasteiger partial charge is 0.544 e. The molecule has 3 atom stereocenters. The Morgan fingerprint density at radius 3 is 2.91 bits per heavy atom. The number of rotatable bonds is 1. The molecule has 2 rings (SSSR count). The molecule has 0 spiro atoms. The van der Waals surface area contributed by atoms with Crippen molar-refractivity contribution >= 4 is 5.97 Å². The van der Waals surface area contributed by atoms with E-state index in [-0.39, 0.29) is 6.04 Å². The van der Waals surface area contributed by atoms with Crippen molar-refractivity contribution < 1.29 is 15.2 Å². The van der Waals surface area contributed by atoms with Gasteiger partial charge in [-0.2, -0.15) is 0 Å². The van der Waals surface area contributed by atoms with Crippen LogP contribution in [0.4, 0.5) is 0 Å². The Morgan fingerprint density at radius 1 is 1.45 bits per heavy atom. The number of aliphatic carboxylic acids is 1. The number of carbonyl (C=O) groups excluding carboxylic acids is 1. The lowest BCUT2D eigenvalue weighted by atomic mass is 10.0. The predicted molar refractivity (Wildman–Crippen MR) is 36.5 cm³/mol. The first-order valence-electron chi connectivity index (χ1n) is 4.33. The van der Waals surface area contributed by atoms with Crippen LogP contribution in [-0.4, -0.2) is 18.1 Å². The number of hydrogen-bond acceptors (Lipinski definition) is 2. The minimum Gasteiger partial charge on any atom is -0.544 e. The lowest BCUT2D eigenvalue weighted by Gasteiger charge is -2.09. The summed E-state index contributed by atoms with van der Waals surface area (Å²) in [5.41, 5.74) is 0. The standard InChI is InChI=1S/C8H13NO2/c10-8(11)7-4-5-2-1-3-6(5)9-7/h5-7,9H,1-4H2,(H,10,11)/t5-,6-,7-/m1/s1. The molecule has 0 aromatic carbocycles. The maximum atomic E-state index is 10.5. The molecule has 0 aromatic heterocycles. The average molecular weight is 155 g/mol. The zero-order valence-corrected chi connectivity index (χ0v) is 6.45. The normalized spacial score (nSPS) is 42.4. The van der Waals surface area contributed by atoms with Gasteiger partial charge in [0.1, 0.15) is 6.04 Å². The molecule has 11 heavy (non-hydrogen) atoms. The summed E-state index contributed by atoms with van der Waals surface area (Å²) >= 11 is 0. The first-order valence-corrected chi connectivity index (χ1v) is 4.33. The molecule has 0 bridgehead atoms. The van der Waals surface area contributed by atoms with Crippen molar-refractivity contribution in [3.05, 3.63) is 0 Å². The summed E-state index contributed by atoms with van der Waals surface area (Å²) in [7, 11) is 0. The van der Waals surface area contributed by atoms with Gasteiger partial charge in [-0.25, -0.2) is 0 Å². The van der Waals surface area contributed by atoms with Crippen molar-refractivity contribution in [2.24, 2.45) is 5.92 Å². The van der Waals surface area contributed by atoms with Crippen LogP contribution < -0.4 is 10.4 Å². The molecule has 2 N–H and O–H groups in total. The molecule has 0 amide bonds. The smallest absolute Gasteiger partial charge is 0.127 e. The highest BCUT2D eigenvalue weighted by Gasteiger charge is 2.41. The van der Waals surface area contributed by atoms with Crippen LogP contribution in [0.5, 0.6) is 0 Å². The first-order chi connectivity index (χ1) is 5.27. The Balaban J connectivity index is 1.99. The molecule has 3 heteroatoms. The van der Waals surface area contributed by atoms with E-state index in [0.717, 1.165) is 6.42 Å². The highest BCUT2D eigenvalue weighted by Crippen LogP contribution is 2.30. The first kappa shape index (κ1) is 7.10. The third kappa shape index (κ3) is 1.13. The summed E-state index contributed by atoms with van der Waals surface area (Å²) in [6.07, 6.45) is 4.55. The molecule has 1 heterocycles. The zero-order chi connectivity index (χ0) is 7.84. The van der Waals surface area contributed by atoms with Gasteiger partial charge in [0.25, 0.3) is 0 Å². The van der Waals surface area contributed by atoms with Crippen LogP contribution in [0.1, 0.15) is 25.7 Å². The van der Waals surface area contributed by atoms with Gasteiger partial charge in [0.2, 0.25) is 0 Å². The Morgan fingerprint density at radius 2 is 2.27 bits per heavy atom. The fourth-order valence-corrected chi connectivity index (χ4v) is 2.49. The molecule has 0 aromatic rings. The second-order valence-electron chi connectivity index (χ2n) is 3.71.